The zero-order valence-corrected chi connectivity index (χ0v) is 15.3. The molecule has 0 heterocycles. The molecule has 0 saturated carbocycles. The Hall–Kier alpha value is -3.54. The van der Waals surface area contributed by atoms with E-state index in [1.54, 1.807) is 12.1 Å². The minimum Gasteiger partial charge on any atom is -0.423 e. The Balaban J connectivity index is 1.94. The number of hydrogen-bond donors (Lipinski definition) is 0. The van der Waals surface area contributed by atoms with E-state index in [2.05, 4.69) is 0 Å². The quantitative estimate of drug-likeness (QED) is 0.504. The molecule has 2 aromatic carbocycles. The van der Waals surface area contributed by atoms with Crippen molar-refractivity contribution >= 4 is 29.6 Å². The van der Waals surface area contributed by atoms with Gasteiger partial charge in [-0.25, -0.2) is 0 Å². The fourth-order valence-corrected chi connectivity index (χ4v) is 3.60. The van der Waals surface area contributed by atoms with Crippen molar-refractivity contribution in [3.05, 3.63) is 63.7 Å². The fraction of sp³-hybridized carbons (Fsp3) is 0.182. The molecular formula is C22H16O6. The van der Waals surface area contributed by atoms with Crippen LogP contribution in [0.25, 0.3) is 6.08 Å². The molecule has 2 aromatic rings. The number of ether oxygens (including phenoxy) is 2. The number of ketones is 2. The van der Waals surface area contributed by atoms with Crippen molar-refractivity contribution in [1.82, 2.24) is 0 Å². The van der Waals surface area contributed by atoms with Gasteiger partial charge in [0.25, 0.3) is 0 Å². The molecule has 0 N–H and O–H groups in total. The summed E-state index contributed by atoms with van der Waals surface area (Å²) < 4.78 is 10.3. The summed E-state index contributed by atoms with van der Waals surface area (Å²) in [5, 5.41) is 0. The number of aryl methyl sites for hydroxylation is 1. The molecule has 6 nitrogen and oxygen atoms in total. The third-order valence-corrected chi connectivity index (χ3v) is 4.74. The van der Waals surface area contributed by atoms with Gasteiger partial charge in [0.1, 0.15) is 0 Å². The Morgan fingerprint density at radius 1 is 0.893 bits per heavy atom. The summed E-state index contributed by atoms with van der Waals surface area (Å²) in [7, 11) is 0. The average molecular weight is 376 g/mol. The largest absolute Gasteiger partial charge is 0.423 e. The van der Waals surface area contributed by atoms with Gasteiger partial charge in [0.2, 0.25) is 0 Å². The second-order valence-electron chi connectivity index (χ2n) is 6.70. The van der Waals surface area contributed by atoms with Crippen molar-refractivity contribution in [1.29, 1.82) is 0 Å². The van der Waals surface area contributed by atoms with E-state index >= 15 is 0 Å². The molecular weight excluding hydrogens is 360 g/mol. The first-order valence-corrected chi connectivity index (χ1v) is 8.83. The van der Waals surface area contributed by atoms with E-state index in [0.29, 0.717) is 5.56 Å². The lowest BCUT2D eigenvalue weighted by Crippen LogP contribution is -2.24. The molecule has 6 heteroatoms. The Morgan fingerprint density at radius 2 is 1.61 bits per heavy atom. The normalized spacial score (nSPS) is 14.1. The second kappa shape index (κ2) is 6.56. The molecule has 0 amide bonds. The molecule has 0 bridgehead atoms. The van der Waals surface area contributed by atoms with Crippen molar-refractivity contribution in [2.75, 3.05) is 0 Å². The van der Waals surface area contributed by atoms with Crippen LogP contribution in [0.3, 0.4) is 0 Å². The Bertz CT molecular complexity index is 1110. The van der Waals surface area contributed by atoms with Crippen LogP contribution in [0.15, 0.2) is 30.3 Å². The van der Waals surface area contributed by atoms with Gasteiger partial charge in [-0.2, -0.15) is 0 Å². The summed E-state index contributed by atoms with van der Waals surface area (Å²) in [6, 6.07) is 6.23. The van der Waals surface area contributed by atoms with Crippen LogP contribution in [0, 0.1) is 0 Å². The van der Waals surface area contributed by atoms with E-state index in [1.165, 1.54) is 26.0 Å². The number of carbonyl (C=O) groups excluding carboxylic acids is 4. The fourth-order valence-electron chi connectivity index (χ4n) is 3.60. The van der Waals surface area contributed by atoms with Gasteiger partial charge in [0.05, 0.1) is 5.56 Å². The van der Waals surface area contributed by atoms with Crippen LogP contribution < -0.4 is 9.47 Å². The van der Waals surface area contributed by atoms with Crippen LogP contribution in [0.5, 0.6) is 11.5 Å². The van der Waals surface area contributed by atoms with Crippen LogP contribution in [0.2, 0.25) is 0 Å². The van der Waals surface area contributed by atoms with Crippen LogP contribution >= 0.6 is 0 Å². The van der Waals surface area contributed by atoms with Crippen molar-refractivity contribution in [3.63, 3.8) is 0 Å². The Morgan fingerprint density at radius 3 is 2.32 bits per heavy atom. The topological polar surface area (TPSA) is 86.7 Å². The average Bonchev–Trinajstić information content (AvgIpc) is 2.65. The highest BCUT2D eigenvalue weighted by atomic mass is 16.6. The summed E-state index contributed by atoms with van der Waals surface area (Å²) in [6.07, 6.45) is 5.61. The number of fused-ring (bicyclic) bond motifs is 3. The minimum absolute atomic E-state index is 0.0576. The molecule has 28 heavy (non-hydrogen) atoms. The lowest BCUT2D eigenvalue weighted by molar-refractivity contribution is -0.134. The zero-order chi connectivity index (χ0) is 20.0. The highest BCUT2D eigenvalue weighted by Crippen LogP contribution is 2.41. The van der Waals surface area contributed by atoms with Crippen LogP contribution in [0.1, 0.15) is 63.2 Å². The van der Waals surface area contributed by atoms with Crippen LogP contribution in [-0.4, -0.2) is 23.5 Å². The van der Waals surface area contributed by atoms with Crippen LogP contribution in [-0.2, 0) is 16.0 Å². The summed E-state index contributed by atoms with van der Waals surface area (Å²) in [5.74, 6) is -2.39. The van der Waals surface area contributed by atoms with E-state index < -0.39 is 17.7 Å². The van der Waals surface area contributed by atoms with E-state index in [4.69, 9.17) is 9.47 Å². The number of hydrogen-bond acceptors (Lipinski definition) is 6. The van der Waals surface area contributed by atoms with Crippen LogP contribution in [0.4, 0.5) is 0 Å². The molecule has 0 atom stereocenters. The van der Waals surface area contributed by atoms with Gasteiger partial charge < -0.3 is 9.47 Å². The van der Waals surface area contributed by atoms with Gasteiger partial charge in [-0.3, -0.25) is 19.2 Å². The molecule has 2 aliphatic rings. The van der Waals surface area contributed by atoms with E-state index in [1.807, 2.05) is 12.2 Å². The Labute approximate surface area is 160 Å². The first-order valence-electron chi connectivity index (χ1n) is 8.83. The number of carbonyl (C=O) groups is 4. The predicted molar refractivity (Wildman–Crippen MR) is 99.7 cm³/mol. The summed E-state index contributed by atoms with van der Waals surface area (Å²) >= 11 is 0. The monoisotopic (exact) mass is 376 g/mol. The Kier molecular flexibility index (Phi) is 4.19. The van der Waals surface area contributed by atoms with Gasteiger partial charge >= 0.3 is 11.9 Å². The van der Waals surface area contributed by atoms with Crippen molar-refractivity contribution in [3.8, 4) is 11.5 Å². The molecule has 2 aliphatic carbocycles. The van der Waals surface area contributed by atoms with E-state index in [9.17, 15) is 19.2 Å². The molecule has 0 saturated heterocycles. The smallest absolute Gasteiger partial charge is 0.308 e. The number of esters is 2. The van der Waals surface area contributed by atoms with Gasteiger partial charge in [0.15, 0.2) is 23.1 Å². The molecule has 0 radical (unpaired) electrons. The maximum atomic E-state index is 13.3. The molecule has 0 unspecified atom stereocenters. The van der Waals surface area contributed by atoms with Gasteiger partial charge in [0, 0.05) is 30.5 Å². The van der Waals surface area contributed by atoms with E-state index in [-0.39, 0.29) is 34.0 Å². The molecule has 0 fully saturated rings. The first kappa shape index (κ1) is 17.9. The summed E-state index contributed by atoms with van der Waals surface area (Å²) in [6.45, 7) is 2.36. The molecule has 140 valence electrons. The molecule has 0 aromatic heterocycles. The van der Waals surface area contributed by atoms with Crippen molar-refractivity contribution < 1.29 is 28.7 Å². The third-order valence-electron chi connectivity index (χ3n) is 4.74. The van der Waals surface area contributed by atoms with Crippen molar-refractivity contribution in [2.45, 2.75) is 26.7 Å². The highest BCUT2D eigenvalue weighted by molar-refractivity contribution is 6.30. The summed E-state index contributed by atoms with van der Waals surface area (Å²) in [5.41, 5.74) is 2.54. The molecule has 4 rings (SSSR count). The van der Waals surface area contributed by atoms with Crippen molar-refractivity contribution in [2.24, 2.45) is 0 Å². The summed E-state index contributed by atoms with van der Waals surface area (Å²) in [4.78, 5) is 49.4. The predicted octanol–water partition coefficient (Wildman–Crippen LogP) is 3.27. The lowest BCUT2D eigenvalue weighted by Gasteiger charge is -2.23. The number of allylic oxidation sites excluding steroid dienone is 1. The maximum Gasteiger partial charge on any atom is 0.308 e. The van der Waals surface area contributed by atoms with E-state index in [0.717, 1.165) is 24.0 Å². The maximum absolute atomic E-state index is 13.3. The zero-order valence-electron chi connectivity index (χ0n) is 15.3. The van der Waals surface area contributed by atoms with Gasteiger partial charge in [-0.15, -0.1) is 0 Å². The first-order chi connectivity index (χ1) is 13.4. The highest BCUT2D eigenvalue weighted by Gasteiger charge is 2.35. The number of benzene rings is 2. The second-order valence-corrected chi connectivity index (χ2v) is 6.70. The third kappa shape index (κ3) is 2.83. The van der Waals surface area contributed by atoms with Gasteiger partial charge in [-0.1, -0.05) is 12.2 Å². The number of rotatable bonds is 2. The molecule has 0 spiro atoms. The standard InChI is InChI=1S/C22H16O6/c1-11(23)27-18-8-7-15-19(22(18)28-12(2)24)21(26)17-10-14-6-4-3-5-13(14)9-16(17)20(15)25/h3,5,7-10H,4,6H2,1-2H3. The SMILES string of the molecule is CC(=O)Oc1ccc2c(c1OC(C)=O)C(=O)c1cc3c(cc1C2=O)C=CCC3. The van der Waals surface area contributed by atoms with Gasteiger partial charge in [-0.05, 0) is 48.2 Å². The minimum atomic E-state index is -0.691. The molecule has 0 aliphatic heterocycles. The lowest BCUT2D eigenvalue weighted by atomic mass is 9.80.